The van der Waals surface area contributed by atoms with E-state index in [1.165, 1.54) is 62.0 Å². The first-order valence-electron chi connectivity index (χ1n) is 16.6. The molecule has 0 radical (unpaired) electrons. The maximum absolute atomic E-state index is 4.88. The fourth-order valence-corrected chi connectivity index (χ4v) is 35.0. The number of aromatic nitrogens is 1. The predicted molar refractivity (Wildman–Crippen MR) is 213 cm³/mol. The molecule has 0 bridgehead atoms. The Hall–Kier alpha value is -3.85. The first-order valence-corrected chi connectivity index (χ1v) is 27.6. The fourth-order valence-electron chi connectivity index (χ4n) is 9.16. The van der Waals surface area contributed by atoms with E-state index in [9.17, 15) is 0 Å². The van der Waals surface area contributed by atoms with E-state index in [2.05, 4.69) is 178 Å². The van der Waals surface area contributed by atoms with Crippen LogP contribution in [0.3, 0.4) is 0 Å². The fraction of sp³-hybridized carbons (Fsp3) is 0.0682. The van der Waals surface area contributed by atoms with Crippen molar-refractivity contribution in [3.05, 3.63) is 186 Å². The zero-order chi connectivity index (χ0) is 31.6. The molecule has 2 aliphatic rings. The average Bonchev–Trinajstić information content (AvgIpc) is 3.69. The zero-order valence-corrected chi connectivity index (χ0v) is 32.8. The van der Waals surface area contributed by atoms with E-state index in [4.69, 9.17) is 4.98 Å². The van der Waals surface area contributed by atoms with E-state index >= 15 is 0 Å². The van der Waals surface area contributed by atoms with Gasteiger partial charge in [0.05, 0.1) is 0 Å². The maximum atomic E-state index is 4.88. The number of fused-ring (bicyclic) bond motifs is 5. The van der Waals surface area contributed by atoms with Gasteiger partial charge in [-0.05, 0) is 0 Å². The van der Waals surface area contributed by atoms with Gasteiger partial charge in [0.15, 0.2) is 0 Å². The van der Waals surface area contributed by atoms with Crippen LogP contribution >= 0.6 is 24.8 Å². The summed E-state index contributed by atoms with van der Waals surface area (Å²) >= 11 is -4.66. The molecule has 1 atom stereocenters. The summed E-state index contributed by atoms with van der Waals surface area (Å²) in [6.07, 6.45) is 5.55. The van der Waals surface area contributed by atoms with E-state index in [0.29, 0.717) is 0 Å². The molecule has 0 N–H and O–H groups in total. The van der Waals surface area contributed by atoms with Crippen LogP contribution in [0.2, 0.25) is 0 Å². The van der Waals surface area contributed by atoms with Gasteiger partial charge in [-0.25, -0.2) is 0 Å². The quantitative estimate of drug-likeness (QED) is 0.159. The average molecular weight is 770 g/mol. The third-order valence-electron chi connectivity index (χ3n) is 11.1. The molecular weight excluding hydrogens is 733 g/mol. The monoisotopic (exact) mass is 767 g/mol. The molecule has 6 aromatic carbocycles. The van der Waals surface area contributed by atoms with Crippen LogP contribution < -0.4 is 9.81 Å². The predicted octanol–water partition coefficient (Wildman–Crippen LogP) is 8.99. The Morgan fingerprint density at radius 2 is 1.24 bits per heavy atom. The Balaban J connectivity index is 0.00000189. The van der Waals surface area contributed by atoms with Crippen LogP contribution in [0.25, 0.3) is 39.2 Å². The number of benzene rings is 6. The normalized spacial score (nSPS) is 14.6. The van der Waals surface area contributed by atoms with Crippen molar-refractivity contribution >= 4 is 58.5 Å². The van der Waals surface area contributed by atoms with Gasteiger partial charge in [-0.2, -0.15) is 0 Å². The van der Waals surface area contributed by atoms with Gasteiger partial charge in [-0.1, -0.05) is 0 Å². The summed E-state index contributed by atoms with van der Waals surface area (Å²) in [6, 6.07) is 57.2. The van der Waals surface area contributed by atoms with Gasteiger partial charge in [0.2, 0.25) is 0 Å². The van der Waals surface area contributed by atoms with Crippen molar-refractivity contribution in [1.82, 2.24) is 4.98 Å². The molecule has 240 valence electrons. The number of rotatable bonds is 5. The van der Waals surface area contributed by atoms with Gasteiger partial charge in [0.25, 0.3) is 0 Å². The molecule has 0 saturated heterocycles. The van der Waals surface area contributed by atoms with E-state index < -0.39 is 17.4 Å². The summed E-state index contributed by atoms with van der Waals surface area (Å²) in [5.74, 6) is 0. The SMILES string of the molecule is CC1=Cc2c(-c3cnc4ccccc4c3)cccc2[CH]1[Zr](=[SiH2])([c]1ccccc1)([c]1ccccc1)[c]1cccc2c1Cc1ccccc1-2.Cl.Cl. The third-order valence-corrected chi connectivity index (χ3v) is 38.0. The molecule has 0 saturated carbocycles. The van der Waals surface area contributed by atoms with Crippen molar-refractivity contribution in [3.8, 4) is 22.3 Å². The van der Waals surface area contributed by atoms with Crippen LogP contribution in [-0.2, 0) is 23.8 Å². The van der Waals surface area contributed by atoms with Crippen LogP contribution in [0.4, 0.5) is 0 Å². The zero-order valence-electron chi connectivity index (χ0n) is 27.3. The molecule has 1 aromatic heterocycles. The summed E-state index contributed by atoms with van der Waals surface area (Å²) in [5.41, 5.74) is 13.5. The van der Waals surface area contributed by atoms with Crippen molar-refractivity contribution < 1.29 is 17.4 Å². The van der Waals surface area contributed by atoms with Crippen molar-refractivity contribution in [2.45, 2.75) is 17.0 Å². The number of para-hydroxylation sites is 1. The van der Waals surface area contributed by atoms with Crippen LogP contribution in [0.5, 0.6) is 0 Å². The van der Waals surface area contributed by atoms with Gasteiger partial charge in [-0.3, -0.25) is 0 Å². The Kier molecular flexibility index (Phi) is 8.78. The molecule has 0 spiro atoms. The van der Waals surface area contributed by atoms with E-state index in [0.717, 1.165) is 11.9 Å². The number of allylic oxidation sites excluding steroid dienone is 1. The molecule has 1 heterocycles. The van der Waals surface area contributed by atoms with Gasteiger partial charge in [0.1, 0.15) is 0 Å². The van der Waals surface area contributed by atoms with E-state index in [1.54, 1.807) is 3.27 Å². The molecule has 5 heteroatoms. The molecule has 49 heavy (non-hydrogen) atoms. The molecule has 1 nitrogen and oxygen atoms in total. The number of halogens is 2. The first-order chi connectivity index (χ1) is 23.1. The maximum Gasteiger partial charge on any atom is -0.147 e. The number of hydrogen-bond acceptors (Lipinski definition) is 1. The largest absolute Gasteiger partial charge is 0.147 e. The molecule has 9 rings (SSSR count). The molecule has 0 amide bonds. The van der Waals surface area contributed by atoms with Gasteiger partial charge < -0.3 is 0 Å². The van der Waals surface area contributed by atoms with Crippen molar-refractivity contribution in [3.63, 3.8) is 0 Å². The molecule has 1 unspecified atom stereocenters. The van der Waals surface area contributed by atoms with Crippen molar-refractivity contribution in [2.75, 3.05) is 0 Å². The van der Waals surface area contributed by atoms with Crippen molar-refractivity contribution in [2.24, 2.45) is 0 Å². The van der Waals surface area contributed by atoms with Crippen molar-refractivity contribution in [1.29, 1.82) is 0 Å². The van der Waals surface area contributed by atoms with Crippen LogP contribution in [0.1, 0.15) is 32.8 Å². The molecule has 2 aliphatic carbocycles. The minimum absolute atomic E-state index is 0. The van der Waals surface area contributed by atoms with Crippen LogP contribution in [0, 0.1) is 0 Å². The molecule has 0 fully saturated rings. The second kappa shape index (κ2) is 12.8. The number of hydrogen-bond donors (Lipinski definition) is 0. The Bertz CT molecular complexity index is 2430. The second-order valence-corrected chi connectivity index (χ2v) is 35.3. The summed E-state index contributed by atoms with van der Waals surface area (Å²) in [4.78, 5) is 4.88. The minimum Gasteiger partial charge on any atom is -0.147 e. The topological polar surface area (TPSA) is 12.9 Å². The van der Waals surface area contributed by atoms with Gasteiger partial charge in [-0.15, -0.1) is 24.8 Å². The Morgan fingerprint density at radius 1 is 0.633 bits per heavy atom. The van der Waals surface area contributed by atoms with Gasteiger partial charge in [0, 0.05) is 0 Å². The Morgan fingerprint density at radius 3 is 2.00 bits per heavy atom. The molecular formula is C44H37Cl2NSiZr. The van der Waals surface area contributed by atoms with E-state index in [-0.39, 0.29) is 28.4 Å². The summed E-state index contributed by atoms with van der Waals surface area (Å²) in [5, 5.41) is 1.17. The summed E-state index contributed by atoms with van der Waals surface area (Å²) in [6.45, 7) is 4.81. The standard InChI is InChI=1S/C19H14N.C13H9.2C6H5.2ClH.H2Si.Zr/c1-13-9-14-6-4-7-17(18(14)10-13)16-11-15-5-2-3-8-19(15)20-12-16;1-3-7-12-10(5-1)9-11-6-2-4-8-13(11)12;2*1-2-4-6-5-3-1;;;;/h2-12H,1H3;1-5,7-8H,9H2;2*1-5H;2*1H;1H2;. The number of nitrogens with zero attached hydrogens (tertiary/aromatic N) is 1. The number of pyridine rings is 1. The van der Waals surface area contributed by atoms with Crippen LogP contribution in [-0.4, -0.2) is 11.9 Å². The molecule has 0 aliphatic heterocycles. The Labute approximate surface area is 303 Å². The first kappa shape index (κ1) is 33.6. The smallest absolute Gasteiger partial charge is 0.147 e. The van der Waals surface area contributed by atoms with E-state index in [1.807, 2.05) is 0 Å². The van der Waals surface area contributed by atoms with Crippen LogP contribution in [0.15, 0.2) is 163 Å². The second-order valence-electron chi connectivity index (χ2n) is 13.5. The summed E-state index contributed by atoms with van der Waals surface area (Å²) < 4.78 is 4.90. The van der Waals surface area contributed by atoms with Gasteiger partial charge >= 0.3 is 281 Å². The minimum atomic E-state index is -4.66. The third kappa shape index (κ3) is 4.85. The summed E-state index contributed by atoms with van der Waals surface area (Å²) in [7, 11) is 0. The molecule has 7 aromatic rings.